The maximum atomic E-state index is 9.67. The van der Waals surface area contributed by atoms with Crippen LogP contribution in [0.3, 0.4) is 0 Å². The van der Waals surface area contributed by atoms with Gasteiger partial charge in [0.15, 0.2) is 0 Å². The Morgan fingerprint density at radius 2 is 2.38 bits per heavy atom. The monoisotopic (exact) mass is 200 g/mol. The topological polar surface area (TPSA) is 46.5 Å². The van der Waals surface area contributed by atoms with Gasteiger partial charge in [0.05, 0.1) is 6.61 Å². The van der Waals surface area contributed by atoms with Crippen LogP contribution in [0.25, 0.3) is 0 Å². The van der Waals surface area contributed by atoms with Gasteiger partial charge in [0.1, 0.15) is 0 Å². The normalized spacial score (nSPS) is 6.50. The Kier molecular flexibility index (Phi) is 9.27. The first-order valence-corrected chi connectivity index (χ1v) is 3.00. The molecular formula is C3H8O3SeSi. The van der Waals surface area contributed by atoms with E-state index in [-0.39, 0.29) is 23.7 Å². The molecule has 0 spiro atoms. The van der Waals surface area contributed by atoms with E-state index in [0.717, 1.165) is 0 Å². The van der Waals surface area contributed by atoms with Gasteiger partial charge in [0, 0.05) is 0 Å². The average molecular weight is 199 g/mol. The van der Waals surface area contributed by atoms with Crippen LogP contribution in [0.2, 0.25) is 0 Å². The second-order valence-electron chi connectivity index (χ2n) is 0.866. The van der Waals surface area contributed by atoms with E-state index in [1.54, 1.807) is 0 Å². The SMILES string of the molecule is C=CCO[Si](=O)O.[SeH2]. The van der Waals surface area contributed by atoms with Gasteiger partial charge in [-0.1, -0.05) is 12.7 Å². The Bertz CT molecular complexity index is 84.6. The molecule has 0 unspecified atom stereocenters. The first-order chi connectivity index (χ1) is 3.27. The van der Waals surface area contributed by atoms with Gasteiger partial charge in [0.25, 0.3) is 0 Å². The van der Waals surface area contributed by atoms with E-state index in [2.05, 4.69) is 11.0 Å². The van der Waals surface area contributed by atoms with Crippen molar-refractivity contribution in [2.75, 3.05) is 6.61 Å². The van der Waals surface area contributed by atoms with Crippen molar-refractivity contribution in [1.82, 2.24) is 0 Å². The van der Waals surface area contributed by atoms with Crippen molar-refractivity contribution in [3.63, 3.8) is 0 Å². The van der Waals surface area contributed by atoms with Crippen LogP contribution in [0.15, 0.2) is 12.7 Å². The fraction of sp³-hybridized carbons (Fsp3) is 0.333. The van der Waals surface area contributed by atoms with Crippen molar-refractivity contribution in [1.29, 1.82) is 0 Å². The molecule has 0 heterocycles. The summed E-state index contributed by atoms with van der Waals surface area (Å²) < 4.78 is 13.8. The summed E-state index contributed by atoms with van der Waals surface area (Å²) in [5, 5.41) is 0. The number of hydrogen-bond acceptors (Lipinski definition) is 2. The van der Waals surface area contributed by atoms with Crippen molar-refractivity contribution >= 4 is 26.2 Å². The van der Waals surface area contributed by atoms with Crippen LogP contribution in [0.5, 0.6) is 0 Å². The average Bonchev–Trinajstić information content (AvgIpc) is 1.61. The van der Waals surface area contributed by atoms with E-state index in [1.165, 1.54) is 6.08 Å². The molecule has 1 N–H and O–H groups in total. The van der Waals surface area contributed by atoms with E-state index in [4.69, 9.17) is 4.80 Å². The molecule has 0 radical (unpaired) electrons. The third-order valence-corrected chi connectivity index (χ3v) is 0.738. The van der Waals surface area contributed by atoms with Crippen LogP contribution < -0.4 is 0 Å². The molecule has 0 aliphatic heterocycles. The van der Waals surface area contributed by atoms with Crippen molar-refractivity contribution in [3.05, 3.63) is 12.7 Å². The predicted octanol–water partition coefficient (Wildman–Crippen LogP) is -1.32. The first-order valence-electron chi connectivity index (χ1n) is 1.74. The summed E-state index contributed by atoms with van der Waals surface area (Å²) in [6, 6.07) is 0. The molecule has 3 nitrogen and oxygen atoms in total. The molecule has 0 fully saturated rings. The molecule has 0 aromatic carbocycles. The minimum atomic E-state index is -2.72. The quantitative estimate of drug-likeness (QED) is 0.453. The molecule has 0 aliphatic carbocycles. The Balaban J connectivity index is 0. The number of rotatable bonds is 3. The van der Waals surface area contributed by atoms with E-state index < -0.39 is 9.17 Å². The molecule has 0 aliphatic rings. The van der Waals surface area contributed by atoms with Gasteiger partial charge in [-0.3, -0.25) is 4.46 Å². The summed E-state index contributed by atoms with van der Waals surface area (Å²) in [5.74, 6) is 0. The van der Waals surface area contributed by atoms with Crippen molar-refractivity contribution < 1.29 is 13.7 Å². The Labute approximate surface area is 59.7 Å². The first kappa shape index (κ1) is 10.8. The molecule has 0 amide bonds. The standard InChI is InChI=1S/C3H6O3Si.H2Se/c1-2-3-6-7(4)5;/h2,4H,1,3H2;1H2. The molecule has 8 heavy (non-hydrogen) atoms. The maximum absolute atomic E-state index is 9.67. The van der Waals surface area contributed by atoms with E-state index >= 15 is 0 Å². The van der Waals surface area contributed by atoms with E-state index in [1.807, 2.05) is 0 Å². The molecule has 0 rings (SSSR count). The summed E-state index contributed by atoms with van der Waals surface area (Å²) in [5.41, 5.74) is 0. The fourth-order valence-corrected chi connectivity index (χ4v) is 0.391. The van der Waals surface area contributed by atoms with Crippen LogP contribution in [0.1, 0.15) is 0 Å². The van der Waals surface area contributed by atoms with Gasteiger partial charge in [-0.15, -0.1) is 0 Å². The molecule has 0 aromatic rings. The zero-order valence-electron chi connectivity index (χ0n) is 4.26. The molecule has 0 saturated heterocycles. The zero-order valence-corrected chi connectivity index (χ0v) is 7.35. The molecule has 0 atom stereocenters. The second-order valence-corrected chi connectivity index (χ2v) is 1.69. The molecular weight excluding hydrogens is 191 g/mol. The Morgan fingerprint density at radius 1 is 1.88 bits per heavy atom. The summed E-state index contributed by atoms with van der Waals surface area (Å²) in [7, 11) is -2.72. The van der Waals surface area contributed by atoms with Crippen LogP contribution >= 0.6 is 0 Å². The predicted molar refractivity (Wildman–Crippen MR) is 33.4 cm³/mol. The van der Waals surface area contributed by atoms with Crippen LogP contribution in [-0.4, -0.2) is 37.6 Å². The van der Waals surface area contributed by atoms with E-state index in [0.29, 0.717) is 0 Å². The summed E-state index contributed by atoms with van der Waals surface area (Å²) in [6.07, 6.45) is 1.42. The zero-order chi connectivity index (χ0) is 5.70. The van der Waals surface area contributed by atoms with Crippen LogP contribution in [0, 0.1) is 0 Å². The number of hydrogen-bond donors (Lipinski definition) is 1. The van der Waals surface area contributed by atoms with Gasteiger partial charge in [-0.25, -0.2) is 0 Å². The van der Waals surface area contributed by atoms with Crippen molar-refractivity contribution in [3.8, 4) is 0 Å². The third-order valence-electron chi connectivity index (χ3n) is 0.325. The second kappa shape index (κ2) is 6.88. The molecule has 5 heteroatoms. The fourth-order valence-electron chi connectivity index (χ4n) is 0.130. The minimum absolute atomic E-state index is 0. The van der Waals surface area contributed by atoms with Gasteiger partial charge < -0.3 is 9.22 Å². The van der Waals surface area contributed by atoms with Gasteiger partial charge in [-0.05, 0) is 0 Å². The molecule has 0 saturated carbocycles. The van der Waals surface area contributed by atoms with E-state index in [9.17, 15) is 4.46 Å². The van der Waals surface area contributed by atoms with Gasteiger partial charge in [-0.2, -0.15) is 0 Å². The van der Waals surface area contributed by atoms with Gasteiger partial charge in [0.2, 0.25) is 0 Å². The van der Waals surface area contributed by atoms with Crippen LogP contribution in [-0.2, 0) is 8.89 Å². The summed E-state index contributed by atoms with van der Waals surface area (Å²) >= 11 is 0. The summed E-state index contributed by atoms with van der Waals surface area (Å²) in [4.78, 5) is 7.96. The molecule has 48 valence electrons. The molecule has 0 aromatic heterocycles. The van der Waals surface area contributed by atoms with Gasteiger partial charge >= 0.3 is 26.2 Å². The summed E-state index contributed by atoms with van der Waals surface area (Å²) in [6.45, 7) is 3.42. The molecule has 0 bridgehead atoms. The Hall–Kier alpha value is -0.124. The van der Waals surface area contributed by atoms with Crippen molar-refractivity contribution in [2.24, 2.45) is 0 Å². The third kappa shape index (κ3) is 9.30. The Morgan fingerprint density at radius 3 is 2.50 bits per heavy atom. The van der Waals surface area contributed by atoms with Crippen LogP contribution in [0.4, 0.5) is 0 Å². The van der Waals surface area contributed by atoms with Crippen molar-refractivity contribution in [2.45, 2.75) is 0 Å².